The molecule has 1 aromatic heterocycles. The number of aromatic nitrogens is 1. The van der Waals surface area contributed by atoms with E-state index in [4.69, 9.17) is 9.90 Å². The van der Waals surface area contributed by atoms with Crippen LogP contribution >= 0.6 is 0 Å². The summed E-state index contributed by atoms with van der Waals surface area (Å²) in [6.07, 6.45) is 2.75. The summed E-state index contributed by atoms with van der Waals surface area (Å²) in [4.78, 5) is 37.3. The Bertz CT molecular complexity index is 889. The van der Waals surface area contributed by atoms with Gasteiger partial charge in [0.1, 0.15) is 17.1 Å². The number of carbonyl (C=O) groups excluding carboxylic acids is 2. The van der Waals surface area contributed by atoms with Crippen molar-refractivity contribution in [2.24, 2.45) is 7.05 Å². The predicted octanol–water partition coefficient (Wildman–Crippen LogP) is 2.04. The van der Waals surface area contributed by atoms with Gasteiger partial charge in [-0.25, -0.2) is 4.39 Å². The smallest absolute Gasteiger partial charge is 0.290 e. The van der Waals surface area contributed by atoms with E-state index < -0.39 is 5.54 Å². The first-order chi connectivity index (χ1) is 14.2. The normalized spacial score (nSPS) is 14.9. The second-order valence-corrected chi connectivity index (χ2v) is 7.32. The molecule has 9 heteroatoms. The van der Waals surface area contributed by atoms with E-state index in [-0.39, 0.29) is 24.1 Å². The van der Waals surface area contributed by atoms with Gasteiger partial charge >= 0.3 is 0 Å². The zero-order valence-corrected chi connectivity index (χ0v) is 17.3. The highest BCUT2D eigenvalue weighted by Gasteiger charge is 2.43. The number of amides is 2. The molecule has 8 nitrogen and oxygen atoms in total. The summed E-state index contributed by atoms with van der Waals surface area (Å²) in [5.41, 5.74) is 0.328. The van der Waals surface area contributed by atoms with Gasteiger partial charge in [-0.15, -0.1) is 0 Å². The van der Waals surface area contributed by atoms with Crippen LogP contribution in [-0.2, 0) is 16.6 Å². The highest BCUT2D eigenvalue weighted by molar-refractivity contribution is 5.94. The first kappa shape index (κ1) is 22.9. The number of nitrogens with one attached hydrogen (secondary N) is 1. The Kier molecular flexibility index (Phi) is 7.57. The number of anilines is 1. The number of carbonyl (C=O) groups is 3. The second kappa shape index (κ2) is 9.91. The summed E-state index contributed by atoms with van der Waals surface area (Å²) in [6, 6.07) is 9.73. The van der Waals surface area contributed by atoms with E-state index in [0.717, 1.165) is 0 Å². The SMILES string of the molecule is CN(C)C(=O)C1(Nc2cccc(F)c2)CCN(C(=O)c2cccn2C)CC1.O=CO. The van der Waals surface area contributed by atoms with Crippen LogP contribution in [0.5, 0.6) is 0 Å². The van der Waals surface area contributed by atoms with Crippen molar-refractivity contribution in [3.05, 3.63) is 54.1 Å². The van der Waals surface area contributed by atoms with Crippen LogP contribution in [0.15, 0.2) is 42.6 Å². The number of piperidine rings is 1. The Morgan fingerprint density at radius 1 is 1.20 bits per heavy atom. The average molecular weight is 418 g/mol. The number of hydrogen-bond acceptors (Lipinski definition) is 4. The lowest BCUT2D eigenvalue weighted by molar-refractivity contribution is -0.135. The number of rotatable bonds is 4. The first-order valence-corrected chi connectivity index (χ1v) is 9.48. The Morgan fingerprint density at radius 3 is 2.33 bits per heavy atom. The molecular formula is C21H27FN4O4. The lowest BCUT2D eigenvalue weighted by atomic mass is 9.85. The minimum Gasteiger partial charge on any atom is -0.483 e. The van der Waals surface area contributed by atoms with Gasteiger partial charge in [0, 0.05) is 46.1 Å². The van der Waals surface area contributed by atoms with Crippen molar-refractivity contribution < 1.29 is 23.9 Å². The van der Waals surface area contributed by atoms with Gasteiger partial charge in [0.05, 0.1) is 0 Å². The second-order valence-electron chi connectivity index (χ2n) is 7.32. The molecule has 162 valence electrons. The summed E-state index contributed by atoms with van der Waals surface area (Å²) < 4.78 is 15.4. The van der Waals surface area contributed by atoms with Gasteiger partial charge in [-0.05, 0) is 43.2 Å². The van der Waals surface area contributed by atoms with E-state index in [1.165, 1.54) is 12.1 Å². The summed E-state index contributed by atoms with van der Waals surface area (Å²) in [7, 11) is 5.25. The molecule has 0 spiro atoms. The molecule has 0 bridgehead atoms. The van der Waals surface area contributed by atoms with Crippen LogP contribution in [0.2, 0.25) is 0 Å². The van der Waals surface area contributed by atoms with Gasteiger partial charge in [0.25, 0.3) is 12.4 Å². The maximum atomic E-state index is 13.6. The van der Waals surface area contributed by atoms with Crippen LogP contribution in [-0.4, -0.2) is 70.5 Å². The number of hydrogen-bond donors (Lipinski definition) is 2. The molecule has 1 saturated heterocycles. The molecule has 1 aliphatic rings. The summed E-state index contributed by atoms with van der Waals surface area (Å²) in [5.74, 6) is -0.472. The zero-order valence-electron chi connectivity index (χ0n) is 17.3. The number of nitrogens with zero attached hydrogens (tertiary/aromatic N) is 3. The topological polar surface area (TPSA) is 94.9 Å². The summed E-state index contributed by atoms with van der Waals surface area (Å²) >= 11 is 0. The van der Waals surface area contributed by atoms with Crippen molar-refractivity contribution in [3.8, 4) is 0 Å². The third-order valence-corrected chi connectivity index (χ3v) is 5.09. The highest BCUT2D eigenvalue weighted by atomic mass is 19.1. The molecule has 1 fully saturated rings. The van der Waals surface area contributed by atoms with E-state index >= 15 is 0 Å². The van der Waals surface area contributed by atoms with Crippen molar-refractivity contribution in [3.63, 3.8) is 0 Å². The Labute approximate surface area is 174 Å². The van der Waals surface area contributed by atoms with E-state index in [1.54, 1.807) is 46.7 Å². The molecule has 1 aliphatic heterocycles. The van der Waals surface area contributed by atoms with Gasteiger partial charge in [0.15, 0.2) is 0 Å². The number of benzene rings is 1. The molecule has 0 aliphatic carbocycles. The Morgan fingerprint density at radius 2 is 1.83 bits per heavy atom. The van der Waals surface area contributed by atoms with Crippen molar-refractivity contribution in [2.75, 3.05) is 32.5 Å². The molecule has 0 radical (unpaired) electrons. The van der Waals surface area contributed by atoms with E-state index in [9.17, 15) is 14.0 Å². The van der Waals surface area contributed by atoms with Crippen molar-refractivity contribution in [1.29, 1.82) is 0 Å². The van der Waals surface area contributed by atoms with E-state index in [0.29, 0.717) is 37.3 Å². The predicted molar refractivity (Wildman–Crippen MR) is 111 cm³/mol. The molecule has 0 unspecified atom stereocenters. The standard InChI is InChI=1S/C20H25FN4O2.CH2O2/c1-23(2)19(27)20(22-16-7-4-6-15(21)14-16)9-12-25(13-10-20)18(26)17-8-5-11-24(17)3;2-1-3/h4-8,11,14,22H,9-10,12-13H2,1-3H3;1H,(H,2,3). The van der Waals surface area contributed by atoms with Crippen LogP contribution in [0.1, 0.15) is 23.3 Å². The van der Waals surface area contributed by atoms with Crippen molar-refractivity contribution >= 4 is 24.0 Å². The number of likely N-dealkylation sites (N-methyl/N-ethyl adjacent to an activating group) is 1. The first-order valence-electron chi connectivity index (χ1n) is 9.48. The Balaban J connectivity index is 0.00000101. The highest BCUT2D eigenvalue weighted by Crippen LogP contribution is 2.30. The fourth-order valence-corrected chi connectivity index (χ4v) is 3.60. The van der Waals surface area contributed by atoms with Crippen LogP contribution < -0.4 is 5.32 Å². The zero-order chi connectivity index (χ0) is 22.3. The van der Waals surface area contributed by atoms with Gasteiger partial charge in [-0.3, -0.25) is 14.4 Å². The van der Waals surface area contributed by atoms with E-state index in [2.05, 4.69) is 5.32 Å². The molecule has 2 amide bonds. The molecular weight excluding hydrogens is 391 g/mol. The third kappa shape index (κ3) is 5.16. The molecule has 30 heavy (non-hydrogen) atoms. The van der Waals surface area contributed by atoms with Gasteiger partial charge < -0.3 is 24.8 Å². The van der Waals surface area contributed by atoms with Crippen LogP contribution in [0.4, 0.5) is 10.1 Å². The lowest BCUT2D eigenvalue weighted by Gasteiger charge is -2.43. The average Bonchev–Trinajstić information content (AvgIpc) is 3.14. The van der Waals surface area contributed by atoms with Crippen molar-refractivity contribution in [2.45, 2.75) is 18.4 Å². The van der Waals surface area contributed by atoms with Gasteiger partial charge in [-0.1, -0.05) is 6.07 Å². The molecule has 0 saturated carbocycles. The molecule has 2 N–H and O–H groups in total. The van der Waals surface area contributed by atoms with Crippen LogP contribution in [0, 0.1) is 5.82 Å². The quantitative estimate of drug-likeness (QED) is 0.741. The number of halogens is 1. The third-order valence-electron chi connectivity index (χ3n) is 5.09. The summed E-state index contributed by atoms with van der Waals surface area (Å²) in [5, 5.41) is 10.1. The van der Waals surface area contributed by atoms with Gasteiger partial charge in [-0.2, -0.15) is 0 Å². The molecule has 2 aromatic rings. The number of likely N-dealkylation sites (tertiary alicyclic amines) is 1. The molecule has 3 rings (SSSR count). The maximum absolute atomic E-state index is 13.6. The number of carboxylic acid groups (broad SMARTS) is 1. The molecule has 0 atom stereocenters. The van der Waals surface area contributed by atoms with Crippen molar-refractivity contribution in [1.82, 2.24) is 14.4 Å². The summed E-state index contributed by atoms with van der Waals surface area (Å²) in [6.45, 7) is 0.651. The number of aryl methyl sites for hydroxylation is 1. The minimum absolute atomic E-state index is 0.0424. The largest absolute Gasteiger partial charge is 0.483 e. The lowest BCUT2D eigenvalue weighted by Crippen LogP contribution is -2.58. The van der Waals surface area contributed by atoms with Crippen LogP contribution in [0.3, 0.4) is 0 Å². The molecule has 2 heterocycles. The van der Waals surface area contributed by atoms with Crippen LogP contribution in [0.25, 0.3) is 0 Å². The Hall–Kier alpha value is -3.36. The fraction of sp³-hybridized carbons (Fsp3) is 0.381. The maximum Gasteiger partial charge on any atom is 0.290 e. The fourth-order valence-electron chi connectivity index (χ4n) is 3.60. The van der Waals surface area contributed by atoms with E-state index in [1.807, 2.05) is 19.3 Å². The monoisotopic (exact) mass is 418 g/mol. The minimum atomic E-state index is -0.859. The molecule has 1 aromatic carbocycles. The van der Waals surface area contributed by atoms with Gasteiger partial charge in [0.2, 0.25) is 5.91 Å².